The van der Waals surface area contributed by atoms with Gasteiger partial charge in [-0.25, -0.2) is 0 Å². The van der Waals surface area contributed by atoms with Crippen molar-refractivity contribution in [3.63, 3.8) is 0 Å². The molecule has 1 aliphatic rings. The molecule has 1 N–H and O–H groups in total. The van der Waals surface area contributed by atoms with Crippen molar-refractivity contribution in [3.8, 4) is 5.69 Å². The molecule has 2 heterocycles. The minimum atomic E-state index is 0.571. The average Bonchev–Trinajstić information content (AvgIpc) is 3.52. The second-order valence-corrected chi connectivity index (χ2v) is 9.35. The van der Waals surface area contributed by atoms with Gasteiger partial charge in [0.05, 0.1) is 0 Å². The molecule has 2 aromatic carbocycles. The minimum Gasteiger partial charge on any atom is -0.347 e. The van der Waals surface area contributed by atoms with E-state index in [1.54, 1.807) is 12.7 Å². The second-order valence-electron chi connectivity index (χ2n) is 9.35. The molecule has 1 aliphatic carbocycles. The van der Waals surface area contributed by atoms with Gasteiger partial charge < -0.3 is 9.88 Å². The van der Waals surface area contributed by atoms with Crippen molar-refractivity contribution in [1.82, 2.24) is 24.6 Å². The van der Waals surface area contributed by atoms with E-state index in [0.717, 1.165) is 24.7 Å². The van der Waals surface area contributed by atoms with Crippen LogP contribution in [0.4, 0.5) is 0 Å². The SMILES string of the molecule is CC(CNC1CCC(CCn2ccc3cc(-n4cnnc4)ccc32)CC1)c1ccccc1. The van der Waals surface area contributed by atoms with E-state index >= 15 is 0 Å². The Hall–Kier alpha value is -2.92. The maximum Gasteiger partial charge on any atom is 0.123 e. The van der Waals surface area contributed by atoms with E-state index in [-0.39, 0.29) is 0 Å². The summed E-state index contributed by atoms with van der Waals surface area (Å²) < 4.78 is 4.36. The summed E-state index contributed by atoms with van der Waals surface area (Å²) in [6.07, 6.45) is 12.3. The van der Waals surface area contributed by atoms with Crippen LogP contribution in [0, 0.1) is 5.92 Å². The van der Waals surface area contributed by atoms with Gasteiger partial charge in [-0.15, -0.1) is 10.2 Å². The lowest BCUT2D eigenvalue weighted by molar-refractivity contribution is 0.270. The van der Waals surface area contributed by atoms with Crippen LogP contribution >= 0.6 is 0 Å². The molecular weight excluding hydrogens is 394 g/mol. The zero-order valence-corrected chi connectivity index (χ0v) is 18.9. The maximum absolute atomic E-state index is 3.91. The summed E-state index contributed by atoms with van der Waals surface area (Å²) in [5.74, 6) is 1.41. The van der Waals surface area contributed by atoms with E-state index in [1.807, 2.05) is 4.57 Å². The van der Waals surface area contributed by atoms with E-state index < -0.39 is 0 Å². The number of rotatable bonds is 8. The zero-order valence-electron chi connectivity index (χ0n) is 18.9. The summed E-state index contributed by atoms with van der Waals surface area (Å²) in [4.78, 5) is 0. The third-order valence-corrected chi connectivity index (χ3v) is 7.18. The minimum absolute atomic E-state index is 0.571. The number of fused-ring (bicyclic) bond motifs is 1. The summed E-state index contributed by atoms with van der Waals surface area (Å²) in [6.45, 7) is 4.50. The fraction of sp³-hybridized carbons (Fsp3) is 0.407. The third kappa shape index (κ3) is 4.78. The Morgan fingerprint density at radius 3 is 2.53 bits per heavy atom. The summed E-state index contributed by atoms with van der Waals surface area (Å²) >= 11 is 0. The van der Waals surface area contributed by atoms with Gasteiger partial charge in [0.25, 0.3) is 0 Å². The topological polar surface area (TPSA) is 47.7 Å². The highest BCUT2D eigenvalue weighted by Crippen LogP contribution is 2.29. The van der Waals surface area contributed by atoms with E-state index in [0.29, 0.717) is 12.0 Å². The van der Waals surface area contributed by atoms with Crippen molar-refractivity contribution in [2.24, 2.45) is 5.92 Å². The van der Waals surface area contributed by atoms with E-state index in [2.05, 4.69) is 87.8 Å². The lowest BCUT2D eigenvalue weighted by Gasteiger charge is -2.30. The van der Waals surface area contributed by atoms with Gasteiger partial charge in [-0.05, 0) is 73.8 Å². The van der Waals surface area contributed by atoms with Crippen molar-refractivity contribution in [1.29, 1.82) is 0 Å². The van der Waals surface area contributed by atoms with Gasteiger partial charge in [0.2, 0.25) is 0 Å². The summed E-state index contributed by atoms with van der Waals surface area (Å²) in [5.41, 5.74) is 3.85. The van der Waals surface area contributed by atoms with Crippen molar-refractivity contribution >= 4 is 10.9 Å². The Labute approximate surface area is 190 Å². The number of benzene rings is 2. The number of aryl methyl sites for hydroxylation is 1. The lowest BCUT2D eigenvalue weighted by Crippen LogP contribution is -2.35. The molecule has 1 fully saturated rings. The summed E-state index contributed by atoms with van der Waals surface area (Å²) in [7, 11) is 0. The molecule has 5 rings (SSSR count). The van der Waals surface area contributed by atoms with Gasteiger partial charge >= 0.3 is 0 Å². The Balaban J connectivity index is 1.09. The van der Waals surface area contributed by atoms with Crippen LogP contribution in [0.2, 0.25) is 0 Å². The van der Waals surface area contributed by atoms with Crippen molar-refractivity contribution in [2.75, 3.05) is 6.54 Å². The number of hydrogen-bond donors (Lipinski definition) is 1. The van der Waals surface area contributed by atoms with Crippen LogP contribution in [-0.4, -0.2) is 31.9 Å². The molecule has 0 spiro atoms. The first-order valence-corrected chi connectivity index (χ1v) is 12.0. The second kappa shape index (κ2) is 9.70. The molecule has 1 saturated carbocycles. The molecule has 166 valence electrons. The number of aromatic nitrogens is 4. The molecule has 2 aromatic heterocycles. The Bertz CT molecular complexity index is 1110. The molecule has 5 heteroatoms. The Kier molecular flexibility index (Phi) is 6.35. The Morgan fingerprint density at radius 1 is 0.969 bits per heavy atom. The van der Waals surface area contributed by atoms with Gasteiger partial charge in [-0.2, -0.15) is 0 Å². The molecule has 1 unspecified atom stereocenters. The largest absolute Gasteiger partial charge is 0.347 e. The smallest absolute Gasteiger partial charge is 0.123 e. The first-order chi connectivity index (χ1) is 15.8. The zero-order chi connectivity index (χ0) is 21.8. The molecular formula is C27H33N5. The standard InChI is InChI=1S/C27H33N5/c1-21(23-5-3-2-4-6-23)18-28-25-9-7-22(8-10-25)13-15-31-16-14-24-17-26(11-12-27(24)31)32-19-29-30-20-32/h2-6,11-12,14,16-17,19-22,25,28H,7-10,13,15,18H2,1H3. The molecule has 0 saturated heterocycles. The first-order valence-electron chi connectivity index (χ1n) is 12.0. The molecule has 0 bridgehead atoms. The third-order valence-electron chi connectivity index (χ3n) is 7.18. The monoisotopic (exact) mass is 427 g/mol. The van der Waals surface area contributed by atoms with Crippen LogP contribution < -0.4 is 5.32 Å². The summed E-state index contributed by atoms with van der Waals surface area (Å²) in [6, 6.07) is 20.3. The first kappa shape index (κ1) is 21.0. The molecule has 0 amide bonds. The van der Waals surface area contributed by atoms with Crippen LogP contribution in [0.3, 0.4) is 0 Å². The van der Waals surface area contributed by atoms with Crippen LogP contribution in [-0.2, 0) is 6.54 Å². The van der Waals surface area contributed by atoms with Gasteiger partial charge in [-0.3, -0.25) is 4.57 Å². The van der Waals surface area contributed by atoms with Crippen molar-refractivity contribution in [3.05, 3.63) is 79.0 Å². The predicted molar refractivity (Wildman–Crippen MR) is 130 cm³/mol. The number of hydrogen-bond acceptors (Lipinski definition) is 3. The fourth-order valence-electron chi connectivity index (χ4n) is 5.10. The van der Waals surface area contributed by atoms with Crippen LogP contribution in [0.25, 0.3) is 16.6 Å². The Morgan fingerprint density at radius 2 is 1.75 bits per heavy atom. The maximum atomic E-state index is 3.91. The van der Waals surface area contributed by atoms with E-state index in [4.69, 9.17) is 0 Å². The van der Waals surface area contributed by atoms with Gasteiger partial charge in [-0.1, -0.05) is 37.3 Å². The predicted octanol–water partition coefficient (Wildman–Crippen LogP) is 5.56. The molecule has 32 heavy (non-hydrogen) atoms. The molecule has 4 aromatic rings. The lowest BCUT2D eigenvalue weighted by atomic mass is 9.84. The average molecular weight is 428 g/mol. The normalized spacial score (nSPS) is 19.9. The molecule has 5 nitrogen and oxygen atoms in total. The van der Waals surface area contributed by atoms with Gasteiger partial charge in [0.1, 0.15) is 12.7 Å². The summed E-state index contributed by atoms with van der Waals surface area (Å²) in [5, 5.41) is 12.9. The molecule has 1 atom stereocenters. The van der Waals surface area contributed by atoms with Gasteiger partial charge in [0, 0.05) is 41.9 Å². The molecule has 0 aliphatic heterocycles. The van der Waals surface area contributed by atoms with Crippen molar-refractivity contribution < 1.29 is 0 Å². The van der Waals surface area contributed by atoms with Crippen LogP contribution in [0.5, 0.6) is 0 Å². The van der Waals surface area contributed by atoms with Crippen molar-refractivity contribution in [2.45, 2.75) is 57.5 Å². The highest BCUT2D eigenvalue weighted by molar-refractivity contribution is 5.82. The molecule has 0 radical (unpaired) electrons. The van der Waals surface area contributed by atoms with E-state index in [1.165, 1.54) is 48.6 Å². The van der Waals surface area contributed by atoms with Gasteiger partial charge in [0.15, 0.2) is 0 Å². The number of nitrogens with zero attached hydrogens (tertiary/aromatic N) is 4. The highest BCUT2D eigenvalue weighted by atomic mass is 15.2. The highest BCUT2D eigenvalue weighted by Gasteiger charge is 2.21. The van der Waals surface area contributed by atoms with Crippen LogP contribution in [0.15, 0.2) is 73.4 Å². The van der Waals surface area contributed by atoms with E-state index in [9.17, 15) is 0 Å². The van der Waals surface area contributed by atoms with Crippen LogP contribution in [0.1, 0.15) is 50.5 Å². The quantitative estimate of drug-likeness (QED) is 0.400. The number of nitrogens with one attached hydrogen (secondary N) is 1. The fourth-order valence-corrected chi connectivity index (χ4v) is 5.10.